The zero-order valence-electron chi connectivity index (χ0n) is 26.7. The lowest BCUT2D eigenvalue weighted by Crippen LogP contribution is -2.16. The molecule has 6 aromatic carbocycles. The van der Waals surface area contributed by atoms with Crippen LogP contribution in [-0.2, 0) is 12.0 Å². The standard InChI is InChI=1S/C44H31N3O/c1-44(2)35-22-21-32-31-19-11-12-20-39(31)47(43-45-37(27-13-5-3-6-14-27)25-38(46-43)28-15-7-4-8-16-28)42(32)41(35)34-23-33-30-18-10-9-17-29(30)26-48-40(33)24-36(34)44/h3-25H,26H2,1-2H3. The highest BCUT2D eigenvalue weighted by Crippen LogP contribution is 2.56. The second kappa shape index (κ2) is 10.00. The fourth-order valence-electron chi connectivity index (χ4n) is 7.95. The molecule has 48 heavy (non-hydrogen) atoms. The van der Waals surface area contributed by atoms with Gasteiger partial charge in [0.05, 0.1) is 22.4 Å². The number of para-hydroxylation sites is 1. The van der Waals surface area contributed by atoms with Crippen LogP contribution in [0.4, 0.5) is 0 Å². The molecule has 0 fully saturated rings. The normalized spacial score (nSPS) is 13.9. The molecule has 0 radical (unpaired) electrons. The average Bonchev–Trinajstić information content (AvgIpc) is 3.59. The number of aromatic nitrogens is 3. The predicted octanol–water partition coefficient (Wildman–Crippen LogP) is 10.8. The largest absolute Gasteiger partial charge is 0.488 e. The minimum absolute atomic E-state index is 0.225. The predicted molar refractivity (Wildman–Crippen MR) is 195 cm³/mol. The molecular formula is C44H31N3O. The first-order chi connectivity index (χ1) is 23.6. The van der Waals surface area contributed by atoms with Crippen molar-refractivity contribution in [2.75, 3.05) is 0 Å². The van der Waals surface area contributed by atoms with Crippen LogP contribution >= 0.6 is 0 Å². The van der Waals surface area contributed by atoms with Gasteiger partial charge in [-0.2, -0.15) is 0 Å². The molecule has 1 aliphatic carbocycles. The molecule has 8 aromatic rings. The Labute approximate surface area is 279 Å². The van der Waals surface area contributed by atoms with Crippen molar-refractivity contribution < 1.29 is 4.74 Å². The number of benzene rings is 6. The van der Waals surface area contributed by atoms with Crippen molar-refractivity contribution in [1.29, 1.82) is 0 Å². The van der Waals surface area contributed by atoms with Gasteiger partial charge in [-0.1, -0.05) is 129 Å². The van der Waals surface area contributed by atoms with E-state index in [2.05, 4.69) is 146 Å². The Kier molecular flexibility index (Phi) is 5.65. The summed E-state index contributed by atoms with van der Waals surface area (Å²) < 4.78 is 8.68. The molecule has 2 aliphatic rings. The van der Waals surface area contributed by atoms with Gasteiger partial charge in [0.1, 0.15) is 12.4 Å². The van der Waals surface area contributed by atoms with E-state index in [0.717, 1.165) is 44.9 Å². The number of hydrogen-bond acceptors (Lipinski definition) is 3. The van der Waals surface area contributed by atoms with Crippen molar-refractivity contribution >= 4 is 21.8 Å². The maximum absolute atomic E-state index is 6.38. The van der Waals surface area contributed by atoms with Gasteiger partial charge in [0.15, 0.2) is 0 Å². The molecule has 0 bridgehead atoms. The Hall–Kier alpha value is -6.00. The van der Waals surface area contributed by atoms with Crippen molar-refractivity contribution in [3.8, 4) is 56.5 Å². The van der Waals surface area contributed by atoms with Gasteiger partial charge in [0, 0.05) is 38.4 Å². The van der Waals surface area contributed by atoms with Crippen LogP contribution in [0.3, 0.4) is 0 Å². The fourth-order valence-corrected chi connectivity index (χ4v) is 7.95. The highest BCUT2D eigenvalue weighted by molar-refractivity contribution is 6.15. The Morgan fingerprint density at radius 2 is 1.25 bits per heavy atom. The molecule has 10 rings (SSSR count). The van der Waals surface area contributed by atoms with E-state index >= 15 is 0 Å². The van der Waals surface area contributed by atoms with Gasteiger partial charge in [-0.15, -0.1) is 0 Å². The number of fused-ring (bicyclic) bond motifs is 10. The zero-order valence-corrected chi connectivity index (χ0v) is 26.7. The molecule has 0 atom stereocenters. The Balaban J connectivity index is 1.32. The minimum Gasteiger partial charge on any atom is -0.488 e. The van der Waals surface area contributed by atoms with Crippen LogP contribution < -0.4 is 4.74 Å². The second-order valence-electron chi connectivity index (χ2n) is 13.4. The molecular weight excluding hydrogens is 587 g/mol. The third-order valence-corrected chi connectivity index (χ3v) is 10.3. The molecule has 0 saturated heterocycles. The molecule has 0 spiro atoms. The van der Waals surface area contributed by atoms with Crippen molar-refractivity contribution in [2.24, 2.45) is 0 Å². The molecule has 0 N–H and O–H groups in total. The first-order valence-corrected chi connectivity index (χ1v) is 16.5. The minimum atomic E-state index is -0.225. The summed E-state index contributed by atoms with van der Waals surface area (Å²) in [6.45, 7) is 5.26. The monoisotopic (exact) mass is 617 g/mol. The van der Waals surface area contributed by atoms with Gasteiger partial charge in [-0.25, -0.2) is 9.97 Å². The Morgan fingerprint density at radius 1 is 0.583 bits per heavy atom. The first-order valence-electron chi connectivity index (χ1n) is 16.5. The number of nitrogens with zero attached hydrogens (tertiary/aromatic N) is 3. The summed E-state index contributed by atoms with van der Waals surface area (Å²) in [7, 11) is 0. The zero-order chi connectivity index (χ0) is 32.0. The Morgan fingerprint density at radius 3 is 2.00 bits per heavy atom. The van der Waals surface area contributed by atoms with Gasteiger partial charge in [0.2, 0.25) is 5.95 Å². The van der Waals surface area contributed by atoms with Crippen LogP contribution in [0.5, 0.6) is 5.75 Å². The van der Waals surface area contributed by atoms with E-state index in [0.29, 0.717) is 12.6 Å². The molecule has 0 saturated carbocycles. The lowest BCUT2D eigenvalue weighted by Gasteiger charge is -2.25. The third kappa shape index (κ3) is 3.83. The lowest BCUT2D eigenvalue weighted by atomic mass is 9.81. The molecule has 4 nitrogen and oxygen atoms in total. The number of rotatable bonds is 3. The smallest absolute Gasteiger partial charge is 0.235 e. The van der Waals surface area contributed by atoms with Gasteiger partial charge >= 0.3 is 0 Å². The maximum atomic E-state index is 6.38. The summed E-state index contributed by atoms with van der Waals surface area (Å²) in [5, 5.41) is 2.38. The van der Waals surface area contributed by atoms with Crippen molar-refractivity contribution in [1.82, 2.24) is 14.5 Å². The highest BCUT2D eigenvalue weighted by Gasteiger charge is 2.39. The van der Waals surface area contributed by atoms with Crippen molar-refractivity contribution in [2.45, 2.75) is 25.9 Å². The summed E-state index contributed by atoms with van der Waals surface area (Å²) in [5.41, 5.74) is 14.6. The first kappa shape index (κ1) is 27.1. The fraction of sp³-hybridized carbons (Fsp3) is 0.0909. The lowest BCUT2D eigenvalue weighted by molar-refractivity contribution is 0.302. The highest BCUT2D eigenvalue weighted by atomic mass is 16.5. The number of hydrogen-bond donors (Lipinski definition) is 0. The summed E-state index contributed by atoms with van der Waals surface area (Å²) in [6.07, 6.45) is 0. The van der Waals surface area contributed by atoms with Crippen LogP contribution in [-0.4, -0.2) is 14.5 Å². The Bertz CT molecular complexity index is 2520. The molecule has 2 aromatic heterocycles. The molecule has 1 aliphatic heterocycles. The van der Waals surface area contributed by atoms with Gasteiger partial charge < -0.3 is 4.74 Å². The van der Waals surface area contributed by atoms with Gasteiger partial charge in [-0.3, -0.25) is 4.57 Å². The second-order valence-corrected chi connectivity index (χ2v) is 13.4. The van der Waals surface area contributed by atoms with E-state index in [1.165, 1.54) is 44.2 Å². The number of ether oxygens (including phenoxy) is 1. The third-order valence-electron chi connectivity index (χ3n) is 10.3. The van der Waals surface area contributed by atoms with Crippen molar-refractivity contribution in [3.05, 3.63) is 156 Å². The molecule has 0 amide bonds. The van der Waals surface area contributed by atoms with Crippen LogP contribution in [0.15, 0.2) is 140 Å². The SMILES string of the molecule is CC1(C)c2cc3c(cc2-c2c1ccc1c4ccccc4n(-c4nc(-c5ccccc5)cc(-c5ccccc5)n4)c21)-c1ccccc1CO3. The van der Waals surface area contributed by atoms with E-state index in [1.807, 2.05) is 12.1 Å². The van der Waals surface area contributed by atoms with E-state index in [1.54, 1.807) is 0 Å². The van der Waals surface area contributed by atoms with Gasteiger partial charge in [0.25, 0.3) is 0 Å². The average molecular weight is 618 g/mol. The van der Waals surface area contributed by atoms with E-state index in [4.69, 9.17) is 14.7 Å². The maximum Gasteiger partial charge on any atom is 0.235 e. The van der Waals surface area contributed by atoms with Crippen LogP contribution in [0.1, 0.15) is 30.5 Å². The summed E-state index contributed by atoms with van der Waals surface area (Å²) >= 11 is 0. The summed E-state index contributed by atoms with van der Waals surface area (Å²) in [4.78, 5) is 10.6. The van der Waals surface area contributed by atoms with Crippen LogP contribution in [0.2, 0.25) is 0 Å². The van der Waals surface area contributed by atoms with E-state index < -0.39 is 0 Å². The topological polar surface area (TPSA) is 39.9 Å². The van der Waals surface area contributed by atoms with Crippen molar-refractivity contribution in [3.63, 3.8) is 0 Å². The van der Waals surface area contributed by atoms with Gasteiger partial charge in [-0.05, 0) is 52.1 Å². The molecule has 3 heterocycles. The van der Waals surface area contributed by atoms with E-state index in [9.17, 15) is 0 Å². The molecule has 4 heteroatoms. The summed E-state index contributed by atoms with van der Waals surface area (Å²) in [6, 6.07) is 49.5. The molecule has 228 valence electrons. The summed E-state index contributed by atoms with van der Waals surface area (Å²) in [5.74, 6) is 1.62. The van der Waals surface area contributed by atoms with E-state index in [-0.39, 0.29) is 5.41 Å². The molecule has 0 unspecified atom stereocenters. The van der Waals surface area contributed by atoms with Crippen LogP contribution in [0, 0.1) is 0 Å². The van der Waals surface area contributed by atoms with Crippen LogP contribution in [0.25, 0.3) is 72.5 Å². The quantitative estimate of drug-likeness (QED) is 0.198.